The summed E-state index contributed by atoms with van der Waals surface area (Å²) in [5, 5.41) is 9.74. The lowest BCUT2D eigenvalue weighted by Crippen LogP contribution is -2.23. The van der Waals surface area contributed by atoms with Crippen LogP contribution in [0.2, 0.25) is 0 Å². The minimum absolute atomic E-state index is 0.0270. The van der Waals surface area contributed by atoms with Gasteiger partial charge in [0.15, 0.2) is 11.5 Å². The van der Waals surface area contributed by atoms with Crippen LogP contribution in [0.3, 0.4) is 0 Å². The van der Waals surface area contributed by atoms with Crippen LogP contribution in [-0.2, 0) is 4.79 Å². The molecule has 2 aliphatic carbocycles. The van der Waals surface area contributed by atoms with Crippen molar-refractivity contribution in [1.82, 2.24) is 10.2 Å². The summed E-state index contributed by atoms with van der Waals surface area (Å²) >= 11 is 0. The number of benzene rings is 1. The molecule has 0 saturated heterocycles. The molecule has 1 aromatic carbocycles. The first kappa shape index (κ1) is 16.9. The Bertz CT molecular complexity index is 1050. The van der Waals surface area contributed by atoms with Gasteiger partial charge in [0.2, 0.25) is 5.91 Å². The van der Waals surface area contributed by atoms with Gasteiger partial charge in [-0.1, -0.05) is 18.2 Å². The van der Waals surface area contributed by atoms with Gasteiger partial charge >= 0.3 is 0 Å². The average Bonchev–Trinajstić information content (AvgIpc) is 3.37. The smallest absolute Gasteiger partial charge is 0.226 e. The van der Waals surface area contributed by atoms with Gasteiger partial charge in [-0.15, -0.1) is 0 Å². The second-order valence-corrected chi connectivity index (χ2v) is 7.23. The van der Waals surface area contributed by atoms with Crippen LogP contribution in [0.15, 0.2) is 59.5 Å². The first-order chi connectivity index (χ1) is 13.7. The number of nitrogens with one attached hydrogen (secondary N) is 2. The molecule has 28 heavy (non-hydrogen) atoms. The third kappa shape index (κ3) is 2.81. The third-order valence-corrected chi connectivity index (χ3v) is 5.59. The van der Waals surface area contributed by atoms with E-state index in [-0.39, 0.29) is 11.8 Å². The number of aromatic nitrogens is 2. The maximum Gasteiger partial charge on any atom is 0.226 e. The predicted molar refractivity (Wildman–Crippen MR) is 105 cm³/mol. The number of allylic oxidation sites excluding steroid dienone is 5. The summed E-state index contributed by atoms with van der Waals surface area (Å²) in [4.78, 5) is 12.1. The van der Waals surface area contributed by atoms with E-state index >= 15 is 0 Å². The number of fused-ring (bicyclic) bond motifs is 2. The number of methoxy groups -OCH3 is 1. The summed E-state index contributed by atoms with van der Waals surface area (Å²) in [6, 6.07) is 5.88. The van der Waals surface area contributed by atoms with E-state index in [1.165, 1.54) is 11.1 Å². The van der Waals surface area contributed by atoms with Crippen molar-refractivity contribution in [2.45, 2.75) is 31.6 Å². The number of aromatic amines is 1. The lowest BCUT2D eigenvalue weighted by atomic mass is 9.87. The lowest BCUT2D eigenvalue weighted by Gasteiger charge is -2.23. The molecular weight excluding hydrogens is 354 g/mol. The number of H-pyrrole nitrogens is 1. The number of hydrogen-bond donors (Lipinski definition) is 2. The summed E-state index contributed by atoms with van der Waals surface area (Å²) in [6.45, 7) is 0. The largest absolute Gasteiger partial charge is 0.493 e. The highest BCUT2D eigenvalue weighted by atomic mass is 16.5. The monoisotopic (exact) mass is 375 g/mol. The van der Waals surface area contributed by atoms with E-state index in [1.54, 1.807) is 13.3 Å². The molecule has 1 unspecified atom stereocenters. The molecule has 0 bridgehead atoms. The molecule has 6 nitrogen and oxygen atoms in total. The van der Waals surface area contributed by atoms with Crippen molar-refractivity contribution < 1.29 is 14.3 Å². The van der Waals surface area contributed by atoms with E-state index < -0.39 is 0 Å². The van der Waals surface area contributed by atoms with Gasteiger partial charge in [0, 0.05) is 17.9 Å². The van der Waals surface area contributed by atoms with Crippen LogP contribution in [0.1, 0.15) is 42.7 Å². The number of carbonyl (C=O) groups excluding carboxylic acids is 1. The van der Waals surface area contributed by atoms with Crippen molar-refractivity contribution in [3.8, 4) is 11.5 Å². The van der Waals surface area contributed by atoms with Crippen molar-refractivity contribution in [1.29, 1.82) is 0 Å². The lowest BCUT2D eigenvalue weighted by molar-refractivity contribution is -0.116. The summed E-state index contributed by atoms with van der Waals surface area (Å²) in [5.41, 5.74) is 4.64. The van der Waals surface area contributed by atoms with Gasteiger partial charge in [-0.25, -0.2) is 0 Å². The molecule has 2 N–H and O–H groups in total. The Balaban J connectivity index is 1.48. The first-order valence-corrected chi connectivity index (χ1v) is 9.51. The van der Waals surface area contributed by atoms with E-state index in [0.717, 1.165) is 36.1 Å². The highest BCUT2D eigenvalue weighted by molar-refractivity contribution is 5.94. The normalized spacial score (nSPS) is 20.4. The van der Waals surface area contributed by atoms with Gasteiger partial charge in [0.1, 0.15) is 11.6 Å². The van der Waals surface area contributed by atoms with Crippen molar-refractivity contribution in [2.24, 2.45) is 0 Å². The van der Waals surface area contributed by atoms with E-state index in [2.05, 4.69) is 33.7 Å². The molecule has 2 heterocycles. The molecule has 3 aliphatic rings. The van der Waals surface area contributed by atoms with E-state index in [1.807, 2.05) is 18.2 Å². The van der Waals surface area contributed by atoms with Crippen LogP contribution >= 0.6 is 0 Å². The number of anilines is 1. The molecule has 5 rings (SSSR count). The van der Waals surface area contributed by atoms with Crippen LogP contribution in [-0.4, -0.2) is 23.2 Å². The molecule has 1 aromatic heterocycles. The molecule has 1 aliphatic heterocycles. The number of amides is 1. The van der Waals surface area contributed by atoms with Gasteiger partial charge in [-0.05, 0) is 54.2 Å². The molecular formula is C22H21N3O3. The molecule has 2 aromatic rings. The molecule has 0 saturated carbocycles. The zero-order valence-corrected chi connectivity index (χ0v) is 15.6. The minimum Gasteiger partial charge on any atom is -0.493 e. The van der Waals surface area contributed by atoms with Crippen LogP contribution in [0.25, 0.3) is 0 Å². The quantitative estimate of drug-likeness (QED) is 0.839. The van der Waals surface area contributed by atoms with Gasteiger partial charge in [-0.3, -0.25) is 9.89 Å². The van der Waals surface area contributed by atoms with Gasteiger partial charge in [0.05, 0.1) is 13.3 Å². The van der Waals surface area contributed by atoms with Crippen LogP contribution in [0.5, 0.6) is 11.5 Å². The Labute approximate surface area is 162 Å². The Morgan fingerprint density at radius 2 is 2.18 bits per heavy atom. The Kier molecular flexibility index (Phi) is 4.04. The second-order valence-electron chi connectivity index (χ2n) is 7.23. The van der Waals surface area contributed by atoms with Crippen molar-refractivity contribution in [3.63, 3.8) is 0 Å². The zero-order valence-electron chi connectivity index (χ0n) is 15.6. The Morgan fingerprint density at radius 3 is 3.07 bits per heavy atom. The third-order valence-electron chi connectivity index (χ3n) is 5.59. The fraction of sp³-hybridized carbons (Fsp3) is 0.273. The molecule has 142 valence electrons. The summed E-state index contributed by atoms with van der Waals surface area (Å²) < 4.78 is 11.9. The van der Waals surface area contributed by atoms with Gasteiger partial charge < -0.3 is 14.8 Å². The van der Waals surface area contributed by atoms with Crippen molar-refractivity contribution >= 4 is 11.7 Å². The number of carbonyl (C=O) groups is 1. The standard InChI is InChI=1S/C22H21N3O3/c1-27-20-10-14(16-11-21(26)24-22-17(16)12-23-25-22)8-9-19(20)28-18-7-3-5-13-4-2-6-15(13)18/h3-4,7-10,12,16H,2,5-6,11H2,1H3,(H2,23,24,25,26). The second kappa shape index (κ2) is 6.71. The number of ether oxygens (including phenoxy) is 2. The Hall–Kier alpha value is -3.28. The fourth-order valence-electron chi connectivity index (χ4n) is 4.20. The first-order valence-electron chi connectivity index (χ1n) is 9.51. The number of rotatable bonds is 4. The highest BCUT2D eigenvalue weighted by Crippen LogP contribution is 2.41. The number of nitrogens with zero attached hydrogens (tertiary/aromatic N) is 1. The van der Waals surface area contributed by atoms with E-state index in [0.29, 0.717) is 23.7 Å². The van der Waals surface area contributed by atoms with E-state index in [9.17, 15) is 4.79 Å². The van der Waals surface area contributed by atoms with Crippen molar-refractivity contribution in [2.75, 3.05) is 12.4 Å². The van der Waals surface area contributed by atoms with Gasteiger partial charge in [0.25, 0.3) is 0 Å². The molecule has 0 radical (unpaired) electrons. The van der Waals surface area contributed by atoms with Crippen LogP contribution in [0, 0.1) is 0 Å². The topological polar surface area (TPSA) is 76.2 Å². The highest BCUT2D eigenvalue weighted by Gasteiger charge is 2.29. The SMILES string of the molecule is COc1cc(C2CC(=O)Nc3[nH]ncc32)ccc1OC1=C2CCC=C2CC=C1. The number of hydrogen-bond acceptors (Lipinski definition) is 4. The Morgan fingerprint density at radius 1 is 1.25 bits per heavy atom. The maximum absolute atomic E-state index is 12.1. The zero-order chi connectivity index (χ0) is 19.1. The predicted octanol–water partition coefficient (Wildman–Crippen LogP) is 4.21. The summed E-state index contributed by atoms with van der Waals surface area (Å²) in [6.07, 6.45) is 11.7. The molecule has 0 spiro atoms. The van der Waals surface area contributed by atoms with Gasteiger partial charge in [-0.2, -0.15) is 5.10 Å². The summed E-state index contributed by atoms with van der Waals surface area (Å²) in [5.74, 6) is 2.81. The molecule has 0 fully saturated rings. The van der Waals surface area contributed by atoms with Crippen molar-refractivity contribution in [3.05, 3.63) is 70.7 Å². The maximum atomic E-state index is 12.1. The van der Waals surface area contributed by atoms with E-state index in [4.69, 9.17) is 9.47 Å². The summed E-state index contributed by atoms with van der Waals surface area (Å²) in [7, 11) is 1.64. The van der Waals surface area contributed by atoms with Crippen LogP contribution in [0.4, 0.5) is 5.82 Å². The van der Waals surface area contributed by atoms with Crippen LogP contribution < -0.4 is 14.8 Å². The molecule has 6 heteroatoms. The average molecular weight is 375 g/mol. The molecule has 1 atom stereocenters. The fourth-order valence-corrected chi connectivity index (χ4v) is 4.20. The molecule has 1 amide bonds. The minimum atomic E-state index is -0.0635.